The van der Waals surface area contributed by atoms with Gasteiger partial charge in [0.05, 0.1) is 4.90 Å². The van der Waals surface area contributed by atoms with Crippen molar-refractivity contribution in [1.29, 1.82) is 0 Å². The fourth-order valence-corrected chi connectivity index (χ4v) is 8.19. The van der Waals surface area contributed by atoms with Crippen LogP contribution in [-0.4, -0.2) is 76.1 Å². The zero-order valence-corrected chi connectivity index (χ0v) is 28.7. The van der Waals surface area contributed by atoms with Crippen LogP contribution in [0.5, 0.6) is 0 Å². The number of anilines is 1. The molecule has 0 bridgehead atoms. The second kappa shape index (κ2) is 11.6. The summed E-state index contributed by atoms with van der Waals surface area (Å²) in [5, 5.41) is 11.7. The van der Waals surface area contributed by atoms with Crippen LogP contribution in [-0.2, 0) is 14.8 Å². The number of hydrogen-bond donors (Lipinski definition) is 1. The Morgan fingerprint density at radius 2 is 1.49 bits per heavy atom. The minimum absolute atomic E-state index is 0.0337. The van der Waals surface area contributed by atoms with E-state index in [1.54, 1.807) is 29.2 Å². The maximum absolute atomic E-state index is 13.4. The first-order valence-electron chi connectivity index (χ1n) is 15.7. The molecule has 0 aliphatic carbocycles. The number of hydrogen-bond acceptors (Lipinski definition) is 7. The predicted octanol–water partition coefficient (Wildman–Crippen LogP) is 8.04. The average molecular weight is 729 g/mol. The first-order chi connectivity index (χ1) is 22.7. The smallest absolute Gasteiger partial charge is 0.410 e. The first kappa shape index (κ1) is 34.9. The van der Waals surface area contributed by atoms with Crippen LogP contribution in [0.15, 0.2) is 76.7 Å². The molecule has 17 heteroatoms. The largest absolute Gasteiger partial charge is 0.444 e. The van der Waals surface area contributed by atoms with Crippen molar-refractivity contribution >= 4 is 37.7 Å². The fourth-order valence-electron chi connectivity index (χ4n) is 6.07. The van der Waals surface area contributed by atoms with E-state index in [0.717, 1.165) is 29.1 Å². The summed E-state index contributed by atoms with van der Waals surface area (Å²) in [5.41, 5.74) is 1.89. The van der Waals surface area contributed by atoms with Gasteiger partial charge in [-0.15, -0.1) is 10.2 Å². The summed E-state index contributed by atoms with van der Waals surface area (Å²) in [7, 11) is -13.6. The van der Waals surface area contributed by atoms with E-state index in [4.69, 9.17) is 4.74 Å². The number of amides is 1. The number of fused-ring (bicyclic) bond motifs is 1. The number of aromatic nitrogens is 3. The lowest BCUT2D eigenvalue weighted by molar-refractivity contribution is 0.0292. The molecule has 4 heterocycles. The third kappa shape index (κ3) is 7.78. The average Bonchev–Trinajstić information content (AvgIpc) is 3.67. The van der Waals surface area contributed by atoms with Gasteiger partial charge in [-0.2, -0.15) is 4.31 Å². The SMILES string of the molecule is CC(C)(C)OC(=O)N1CC[C@@H](c2nnc3ccc(-c4ccc(S(=O)(=O)N5CCC(Nc6ccc(S(F)(F)(F)(F)F)cc6)CC5)cc4)cn23)C1. The van der Waals surface area contributed by atoms with Crippen molar-refractivity contribution in [2.45, 2.75) is 67.4 Å². The summed E-state index contributed by atoms with van der Waals surface area (Å²) < 4.78 is 101. The Balaban J connectivity index is 1.09. The highest BCUT2D eigenvalue weighted by Gasteiger charge is 2.65. The number of likely N-dealkylation sites (tertiary alicyclic amines) is 1. The topological polar surface area (TPSA) is 109 Å². The summed E-state index contributed by atoms with van der Waals surface area (Å²) in [6.45, 7) is 6.81. The van der Waals surface area contributed by atoms with Crippen molar-refractivity contribution in [3.8, 4) is 11.1 Å². The van der Waals surface area contributed by atoms with E-state index in [0.29, 0.717) is 50.1 Å². The van der Waals surface area contributed by atoms with E-state index < -0.39 is 30.7 Å². The lowest BCUT2D eigenvalue weighted by Crippen LogP contribution is -2.42. The van der Waals surface area contributed by atoms with Crippen molar-refractivity contribution < 1.29 is 37.4 Å². The number of carbonyl (C=O) groups excluding carboxylic acids is 1. The van der Waals surface area contributed by atoms with Crippen molar-refractivity contribution in [1.82, 2.24) is 23.8 Å². The van der Waals surface area contributed by atoms with Gasteiger partial charge in [-0.1, -0.05) is 31.6 Å². The van der Waals surface area contributed by atoms with Gasteiger partial charge >= 0.3 is 16.3 Å². The van der Waals surface area contributed by atoms with Crippen molar-refractivity contribution in [3.63, 3.8) is 0 Å². The molecule has 4 aromatic rings. The number of carbonyl (C=O) groups is 1. The molecule has 2 aromatic heterocycles. The second-order valence-electron chi connectivity index (χ2n) is 13.5. The predicted molar refractivity (Wildman–Crippen MR) is 177 cm³/mol. The first-order valence-corrected chi connectivity index (χ1v) is 19.1. The number of ether oxygens (including phenoxy) is 1. The Morgan fingerprint density at radius 1 is 0.857 bits per heavy atom. The Morgan fingerprint density at radius 3 is 2.10 bits per heavy atom. The van der Waals surface area contributed by atoms with E-state index in [2.05, 4.69) is 15.5 Å². The fraction of sp³-hybridized carbons (Fsp3) is 0.406. The molecule has 10 nitrogen and oxygen atoms in total. The molecular weight excluding hydrogens is 692 g/mol. The van der Waals surface area contributed by atoms with Crippen LogP contribution in [0, 0.1) is 0 Å². The van der Waals surface area contributed by atoms with Crippen LogP contribution >= 0.6 is 10.2 Å². The van der Waals surface area contributed by atoms with E-state index in [1.807, 2.05) is 43.5 Å². The van der Waals surface area contributed by atoms with Gasteiger partial charge in [0.2, 0.25) is 10.0 Å². The van der Waals surface area contributed by atoms with E-state index in [1.165, 1.54) is 4.31 Å². The van der Waals surface area contributed by atoms with Gasteiger partial charge in [0.25, 0.3) is 0 Å². The van der Waals surface area contributed by atoms with Crippen LogP contribution in [0.2, 0.25) is 0 Å². The zero-order valence-electron chi connectivity index (χ0n) is 27.0. The minimum Gasteiger partial charge on any atom is -0.444 e. The summed E-state index contributed by atoms with van der Waals surface area (Å²) in [5.74, 6) is 0.690. The molecule has 266 valence electrons. The number of pyridine rings is 1. The van der Waals surface area contributed by atoms with Crippen LogP contribution in [0.3, 0.4) is 0 Å². The Hall–Kier alpha value is -3.96. The molecule has 0 spiro atoms. The molecule has 1 amide bonds. The lowest BCUT2D eigenvalue weighted by atomic mass is 10.1. The molecule has 0 radical (unpaired) electrons. The van der Waals surface area contributed by atoms with Crippen LogP contribution < -0.4 is 5.32 Å². The van der Waals surface area contributed by atoms with E-state index >= 15 is 0 Å². The number of rotatable bonds is 7. The molecular formula is C32H37F5N6O4S2. The number of nitrogens with zero attached hydrogens (tertiary/aromatic N) is 5. The van der Waals surface area contributed by atoms with Crippen molar-refractivity contribution in [2.24, 2.45) is 0 Å². The molecule has 0 saturated carbocycles. The summed E-state index contributed by atoms with van der Waals surface area (Å²) in [6.07, 6.45) is 2.99. The lowest BCUT2D eigenvalue weighted by Gasteiger charge is -2.40. The van der Waals surface area contributed by atoms with Crippen LogP contribution in [0.4, 0.5) is 29.9 Å². The number of benzene rings is 2. The third-order valence-electron chi connectivity index (χ3n) is 8.58. The highest BCUT2D eigenvalue weighted by atomic mass is 32.5. The molecule has 0 unspecified atom stereocenters. The maximum Gasteiger partial charge on any atom is 0.410 e. The zero-order chi connectivity index (χ0) is 35.5. The van der Waals surface area contributed by atoms with Gasteiger partial charge in [-0.3, -0.25) is 4.40 Å². The van der Waals surface area contributed by atoms with Crippen LogP contribution in [0.1, 0.15) is 51.8 Å². The molecule has 2 fully saturated rings. The van der Waals surface area contributed by atoms with Gasteiger partial charge in [-0.25, -0.2) is 13.2 Å². The van der Waals surface area contributed by atoms with Gasteiger partial charge in [-0.05, 0) is 99.7 Å². The number of nitrogens with one attached hydrogen (secondary N) is 1. The van der Waals surface area contributed by atoms with E-state index in [-0.39, 0.29) is 41.7 Å². The van der Waals surface area contributed by atoms with Crippen molar-refractivity contribution in [3.05, 3.63) is 72.7 Å². The molecule has 2 saturated heterocycles. The van der Waals surface area contributed by atoms with E-state index in [9.17, 15) is 32.6 Å². The molecule has 6 rings (SSSR count). The highest BCUT2D eigenvalue weighted by Crippen LogP contribution is 3.02. The van der Waals surface area contributed by atoms with Gasteiger partial charge in [0, 0.05) is 50.0 Å². The minimum atomic E-state index is -9.75. The summed E-state index contributed by atoms with van der Waals surface area (Å²) >= 11 is 0. The molecule has 2 aliphatic heterocycles. The molecule has 1 N–H and O–H groups in total. The summed E-state index contributed by atoms with van der Waals surface area (Å²) in [4.78, 5) is 12.4. The quantitative estimate of drug-likeness (QED) is 0.192. The number of halogens is 5. The van der Waals surface area contributed by atoms with Crippen molar-refractivity contribution in [2.75, 3.05) is 31.5 Å². The summed E-state index contributed by atoms with van der Waals surface area (Å²) in [6, 6.07) is 12.6. The Kier molecular flexibility index (Phi) is 8.22. The number of sulfonamides is 1. The highest BCUT2D eigenvalue weighted by molar-refractivity contribution is 8.45. The molecule has 1 atom stereocenters. The standard InChI is InChI=1S/C32H37F5N6O4S2/c1-32(2,3)47-31(44)41-17-14-24(20-41)30-40-39-29-13-6-23(21-43(29)30)22-4-9-27(10-5-22)48(45,46)42-18-15-26(16-19-42)38-25-7-11-28(12-8-25)49(33,34,35,36)37/h4-13,21,24,26,38H,14-20H2,1-3H3/t24-/m1/s1. The number of piperidine rings is 1. The van der Waals surface area contributed by atoms with Gasteiger partial charge in [0.15, 0.2) is 5.65 Å². The molecule has 49 heavy (non-hydrogen) atoms. The monoisotopic (exact) mass is 728 g/mol. The molecule has 2 aromatic carbocycles. The second-order valence-corrected chi connectivity index (χ2v) is 17.8. The third-order valence-corrected chi connectivity index (χ3v) is 11.7. The Bertz CT molecular complexity index is 1980. The van der Waals surface area contributed by atoms with Gasteiger partial charge < -0.3 is 15.0 Å². The maximum atomic E-state index is 13.4. The molecule has 2 aliphatic rings. The van der Waals surface area contributed by atoms with Gasteiger partial charge in [0.1, 0.15) is 16.3 Å². The van der Waals surface area contributed by atoms with Crippen LogP contribution in [0.25, 0.3) is 16.8 Å². The Labute approximate surface area is 281 Å². The normalized spacial score (nSPS) is 19.8.